The topological polar surface area (TPSA) is 59.0 Å². The van der Waals surface area contributed by atoms with Gasteiger partial charge in [0.15, 0.2) is 0 Å². The van der Waals surface area contributed by atoms with E-state index in [0.717, 1.165) is 6.42 Å². The SMILES string of the molecule is N#Cc1cc(F)cc(COCCCN)c1. The second-order valence-corrected chi connectivity index (χ2v) is 3.15. The van der Waals surface area contributed by atoms with Gasteiger partial charge in [-0.05, 0) is 36.7 Å². The van der Waals surface area contributed by atoms with Gasteiger partial charge in [-0.3, -0.25) is 0 Å². The first-order valence-electron chi connectivity index (χ1n) is 4.73. The van der Waals surface area contributed by atoms with Gasteiger partial charge in [-0.25, -0.2) is 4.39 Å². The Balaban J connectivity index is 2.54. The van der Waals surface area contributed by atoms with Gasteiger partial charge in [-0.15, -0.1) is 0 Å². The predicted octanol–water partition coefficient (Wildman–Crippen LogP) is 1.56. The lowest BCUT2D eigenvalue weighted by atomic mass is 10.1. The molecule has 80 valence electrons. The normalized spacial score (nSPS) is 9.93. The van der Waals surface area contributed by atoms with E-state index in [4.69, 9.17) is 15.7 Å². The molecular formula is C11H13FN2O. The van der Waals surface area contributed by atoms with Crippen LogP contribution in [-0.4, -0.2) is 13.2 Å². The quantitative estimate of drug-likeness (QED) is 0.747. The van der Waals surface area contributed by atoms with Crippen LogP contribution in [0.15, 0.2) is 18.2 Å². The van der Waals surface area contributed by atoms with E-state index in [0.29, 0.717) is 30.9 Å². The van der Waals surface area contributed by atoms with E-state index in [1.165, 1.54) is 12.1 Å². The molecule has 0 unspecified atom stereocenters. The lowest BCUT2D eigenvalue weighted by molar-refractivity contribution is 0.119. The Labute approximate surface area is 88.3 Å². The van der Waals surface area contributed by atoms with Gasteiger partial charge >= 0.3 is 0 Å². The summed E-state index contributed by atoms with van der Waals surface area (Å²) in [6.45, 7) is 1.44. The first-order chi connectivity index (χ1) is 7.26. The maximum absolute atomic E-state index is 13.0. The van der Waals surface area contributed by atoms with Crippen LogP contribution >= 0.6 is 0 Å². The zero-order valence-corrected chi connectivity index (χ0v) is 8.37. The van der Waals surface area contributed by atoms with Crippen molar-refractivity contribution in [1.29, 1.82) is 5.26 Å². The zero-order valence-electron chi connectivity index (χ0n) is 8.37. The number of benzene rings is 1. The maximum atomic E-state index is 13.0. The molecule has 0 bridgehead atoms. The van der Waals surface area contributed by atoms with Gasteiger partial charge in [-0.1, -0.05) is 0 Å². The van der Waals surface area contributed by atoms with Crippen LogP contribution in [-0.2, 0) is 11.3 Å². The van der Waals surface area contributed by atoms with E-state index in [1.807, 2.05) is 6.07 Å². The molecule has 0 aliphatic carbocycles. The Kier molecular flexibility index (Phi) is 4.75. The minimum Gasteiger partial charge on any atom is -0.377 e. The molecule has 0 amide bonds. The molecule has 0 aliphatic heterocycles. The molecule has 0 aliphatic rings. The summed E-state index contributed by atoms with van der Waals surface area (Å²) in [7, 11) is 0. The monoisotopic (exact) mass is 208 g/mol. The van der Waals surface area contributed by atoms with Crippen molar-refractivity contribution in [1.82, 2.24) is 0 Å². The van der Waals surface area contributed by atoms with Crippen molar-refractivity contribution in [3.63, 3.8) is 0 Å². The smallest absolute Gasteiger partial charge is 0.124 e. The Morgan fingerprint density at radius 1 is 1.40 bits per heavy atom. The van der Waals surface area contributed by atoms with Crippen molar-refractivity contribution in [2.45, 2.75) is 13.0 Å². The molecule has 15 heavy (non-hydrogen) atoms. The summed E-state index contributed by atoms with van der Waals surface area (Å²) >= 11 is 0. The fraction of sp³-hybridized carbons (Fsp3) is 0.364. The van der Waals surface area contributed by atoms with Crippen LogP contribution in [0.5, 0.6) is 0 Å². The minimum atomic E-state index is -0.411. The number of nitrogens with zero attached hydrogens (tertiary/aromatic N) is 1. The number of ether oxygens (including phenoxy) is 1. The Hall–Kier alpha value is -1.44. The fourth-order valence-electron chi connectivity index (χ4n) is 1.17. The molecule has 0 aromatic heterocycles. The molecule has 0 radical (unpaired) electrons. The molecule has 2 N–H and O–H groups in total. The molecule has 0 spiro atoms. The summed E-state index contributed by atoms with van der Waals surface area (Å²) in [5.74, 6) is -0.411. The average molecular weight is 208 g/mol. The van der Waals surface area contributed by atoms with Gasteiger partial charge in [0.2, 0.25) is 0 Å². The Morgan fingerprint density at radius 3 is 2.87 bits per heavy atom. The van der Waals surface area contributed by atoms with Crippen molar-refractivity contribution < 1.29 is 9.13 Å². The summed E-state index contributed by atoms with van der Waals surface area (Å²) in [5.41, 5.74) is 6.28. The standard InChI is InChI=1S/C11H13FN2O/c12-11-5-9(7-14)4-10(6-11)8-15-3-1-2-13/h4-6H,1-3,8,13H2. The minimum absolute atomic E-state index is 0.312. The highest BCUT2D eigenvalue weighted by Gasteiger charge is 2.00. The molecule has 0 fully saturated rings. The summed E-state index contributed by atoms with van der Waals surface area (Å²) in [6, 6.07) is 6.07. The van der Waals surface area contributed by atoms with Crippen LogP contribution in [0.2, 0.25) is 0 Å². The predicted molar refractivity (Wildman–Crippen MR) is 54.4 cm³/mol. The van der Waals surface area contributed by atoms with Gasteiger partial charge in [0, 0.05) is 6.61 Å². The molecule has 4 heteroatoms. The first-order valence-corrected chi connectivity index (χ1v) is 4.73. The first kappa shape index (κ1) is 11.6. The summed E-state index contributed by atoms with van der Waals surface area (Å²) in [4.78, 5) is 0. The van der Waals surface area contributed by atoms with Crippen LogP contribution in [0.4, 0.5) is 4.39 Å². The molecule has 1 aromatic carbocycles. The van der Waals surface area contributed by atoms with Crippen molar-refractivity contribution in [3.05, 3.63) is 35.1 Å². The van der Waals surface area contributed by atoms with Crippen molar-refractivity contribution >= 4 is 0 Å². The number of nitrogens with two attached hydrogens (primary N) is 1. The van der Waals surface area contributed by atoms with E-state index in [2.05, 4.69) is 0 Å². The maximum Gasteiger partial charge on any atom is 0.124 e. The van der Waals surface area contributed by atoms with Crippen LogP contribution in [0, 0.1) is 17.1 Å². The molecule has 1 aromatic rings. The molecule has 1 rings (SSSR count). The van der Waals surface area contributed by atoms with Gasteiger partial charge in [0.25, 0.3) is 0 Å². The highest BCUT2D eigenvalue weighted by molar-refractivity contribution is 5.33. The number of halogens is 1. The van der Waals surface area contributed by atoms with E-state index in [9.17, 15) is 4.39 Å². The lowest BCUT2D eigenvalue weighted by Crippen LogP contribution is -2.04. The third-order valence-corrected chi connectivity index (χ3v) is 1.85. The van der Waals surface area contributed by atoms with Crippen molar-refractivity contribution in [2.75, 3.05) is 13.2 Å². The molecular weight excluding hydrogens is 195 g/mol. The number of hydrogen-bond donors (Lipinski definition) is 1. The van der Waals surface area contributed by atoms with Gasteiger partial charge in [0.1, 0.15) is 5.82 Å². The Morgan fingerprint density at radius 2 is 2.20 bits per heavy atom. The number of hydrogen-bond acceptors (Lipinski definition) is 3. The van der Waals surface area contributed by atoms with E-state index in [1.54, 1.807) is 6.07 Å². The number of nitriles is 1. The highest BCUT2D eigenvalue weighted by atomic mass is 19.1. The lowest BCUT2D eigenvalue weighted by Gasteiger charge is -2.04. The largest absolute Gasteiger partial charge is 0.377 e. The molecule has 0 saturated heterocycles. The second kappa shape index (κ2) is 6.12. The van der Waals surface area contributed by atoms with Crippen LogP contribution in [0.3, 0.4) is 0 Å². The Bertz CT molecular complexity index is 360. The molecule has 0 saturated carbocycles. The van der Waals surface area contributed by atoms with Crippen molar-refractivity contribution in [2.24, 2.45) is 5.73 Å². The van der Waals surface area contributed by atoms with Gasteiger partial charge in [-0.2, -0.15) is 5.26 Å². The van der Waals surface area contributed by atoms with Crippen molar-refractivity contribution in [3.8, 4) is 6.07 Å². The van der Waals surface area contributed by atoms with Crippen LogP contribution in [0.1, 0.15) is 17.5 Å². The van der Waals surface area contributed by atoms with E-state index < -0.39 is 5.82 Å². The molecule has 3 nitrogen and oxygen atoms in total. The van der Waals surface area contributed by atoms with Crippen LogP contribution < -0.4 is 5.73 Å². The highest BCUT2D eigenvalue weighted by Crippen LogP contribution is 2.09. The molecule has 0 atom stereocenters. The third-order valence-electron chi connectivity index (χ3n) is 1.85. The number of rotatable bonds is 5. The van der Waals surface area contributed by atoms with E-state index >= 15 is 0 Å². The second-order valence-electron chi connectivity index (χ2n) is 3.15. The summed E-state index contributed by atoms with van der Waals surface area (Å²) in [6.07, 6.45) is 0.778. The van der Waals surface area contributed by atoms with Gasteiger partial charge < -0.3 is 10.5 Å². The summed E-state index contributed by atoms with van der Waals surface area (Å²) in [5, 5.41) is 8.62. The third kappa shape index (κ3) is 4.07. The average Bonchev–Trinajstić information content (AvgIpc) is 2.23. The fourth-order valence-corrected chi connectivity index (χ4v) is 1.17. The zero-order chi connectivity index (χ0) is 11.1. The van der Waals surface area contributed by atoms with Gasteiger partial charge in [0.05, 0.1) is 18.2 Å². The summed E-state index contributed by atoms with van der Waals surface area (Å²) < 4.78 is 18.2. The van der Waals surface area contributed by atoms with Crippen LogP contribution in [0.25, 0.3) is 0 Å². The molecule has 0 heterocycles. The van der Waals surface area contributed by atoms with E-state index in [-0.39, 0.29) is 0 Å².